The molecule has 4 rings (SSSR count). The van der Waals surface area contributed by atoms with Crippen molar-refractivity contribution in [3.8, 4) is 5.75 Å². The minimum absolute atomic E-state index is 0.0534. The number of amides is 1. The molecule has 5 nitrogen and oxygen atoms in total. The van der Waals surface area contributed by atoms with Crippen molar-refractivity contribution in [2.75, 3.05) is 12.4 Å². The number of hydrogen-bond donors (Lipinski definition) is 2. The van der Waals surface area contributed by atoms with Crippen molar-refractivity contribution in [2.45, 2.75) is 38.0 Å². The molecule has 2 aromatic rings. The molecular formula is C23H22F3N3O2S. The van der Waals surface area contributed by atoms with E-state index in [2.05, 4.69) is 10.6 Å². The van der Waals surface area contributed by atoms with E-state index in [0.29, 0.717) is 22.2 Å². The van der Waals surface area contributed by atoms with E-state index in [-0.39, 0.29) is 17.2 Å². The molecule has 9 heteroatoms. The second-order valence-electron chi connectivity index (χ2n) is 7.72. The molecule has 2 aliphatic rings. The van der Waals surface area contributed by atoms with Crippen LogP contribution in [0.2, 0.25) is 0 Å². The molecule has 1 saturated carbocycles. The standard InChI is InChI=1S/C23H22F3N3O2S/c1-13-19(21(30)27-17-9-5-6-10-18(17)31-2)20(28-22(32)29(13)14-11-12-14)15-7-3-4-8-16(15)23(24,25)26/h3-10,14,20H,11-12H2,1-2H3,(H,27,30)(H,28,32). The van der Waals surface area contributed by atoms with Gasteiger partial charge in [0, 0.05) is 11.7 Å². The van der Waals surface area contributed by atoms with Gasteiger partial charge in [0.25, 0.3) is 5.91 Å². The molecule has 0 bridgehead atoms. The SMILES string of the molecule is COc1ccccc1NC(=O)C1=C(C)N(C2CC2)C(=S)NC1c1ccccc1C(F)(F)F. The van der Waals surface area contributed by atoms with Crippen LogP contribution in [0.3, 0.4) is 0 Å². The zero-order valence-electron chi connectivity index (χ0n) is 17.5. The first-order chi connectivity index (χ1) is 15.2. The molecule has 0 saturated heterocycles. The van der Waals surface area contributed by atoms with Crippen LogP contribution in [-0.4, -0.2) is 29.1 Å². The molecule has 1 amide bonds. The van der Waals surface area contributed by atoms with Crippen LogP contribution in [-0.2, 0) is 11.0 Å². The average molecular weight is 462 g/mol. The second-order valence-corrected chi connectivity index (χ2v) is 8.11. The Morgan fingerprint density at radius 1 is 1.16 bits per heavy atom. The first kappa shape index (κ1) is 22.1. The largest absolute Gasteiger partial charge is 0.495 e. The van der Waals surface area contributed by atoms with E-state index in [1.165, 1.54) is 25.3 Å². The lowest BCUT2D eigenvalue weighted by Crippen LogP contribution is -2.49. The summed E-state index contributed by atoms with van der Waals surface area (Å²) in [4.78, 5) is 15.3. The lowest BCUT2D eigenvalue weighted by atomic mass is 9.90. The first-order valence-electron chi connectivity index (χ1n) is 10.1. The Hall–Kier alpha value is -3.07. The number of carbonyl (C=O) groups excluding carboxylic acids is 1. The van der Waals surface area contributed by atoms with Crippen LogP contribution in [0, 0.1) is 0 Å². The number of benzene rings is 2. The highest BCUT2D eigenvalue weighted by molar-refractivity contribution is 7.80. The van der Waals surface area contributed by atoms with E-state index in [1.54, 1.807) is 31.2 Å². The fourth-order valence-electron chi connectivity index (χ4n) is 4.00. The number of thiocarbonyl (C=S) groups is 1. The Kier molecular flexibility index (Phi) is 5.85. The Balaban J connectivity index is 1.81. The molecule has 1 aliphatic heterocycles. The van der Waals surface area contributed by atoms with E-state index < -0.39 is 23.7 Å². The van der Waals surface area contributed by atoms with Gasteiger partial charge in [-0.1, -0.05) is 30.3 Å². The maximum atomic E-state index is 13.8. The van der Waals surface area contributed by atoms with Crippen LogP contribution < -0.4 is 15.4 Å². The summed E-state index contributed by atoms with van der Waals surface area (Å²) < 4.78 is 46.6. The van der Waals surface area contributed by atoms with Gasteiger partial charge in [0.05, 0.1) is 30.0 Å². The van der Waals surface area contributed by atoms with Gasteiger partial charge in [0.2, 0.25) is 0 Å². The lowest BCUT2D eigenvalue weighted by molar-refractivity contribution is -0.138. The quantitative estimate of drug-likeness (QED) is 0.613. The van der Waals surface area contributed by atoms with Crippen LogP contribution in [0.1, 0.15) is 36.9 Å². The molecule has 1 fully saturated rings. The molecule has 2 aromatic carbocycles. The molecule has 1 atom stereocenters. The number of methoxy groups -OCH3 is 1. The second kappa shape index (κ2) is 8.46. The molecule has 0 aromatic heterocycles. The maximum Gasteiger partial charge on any atom is 0.416 e. The summed E-state index contributed by atoms with van der Waals surface area (Å²) in [6.45, 7) is 1.73. The zero-order chi connectivity index (χ0) is 23.0. The van der Waals surface area contributed by atoms with E-state index >= 15 is 0 Å². The van der Waals surface area contributed by atoms with Crippen LogP contribution in [0.15, 0.2) is 59.8 Å². The van der Waals surface area contributed by atoms with Crippen molar-refractivity contribution in [3.63, 3.8) is 0 Å². The highest BCUT2D eigenvalue weighted by Gasteiger charge is 2.43. The van der Waals surface area contributed by atoms with Crippen molar-refractivity contribution in [1.29, 1.82) is 0 Å². The van der Waals surface area contributed by atoms with Gasteiger partial charge in [-0.2, -0.15) is 13.2 Å². The summed E-state index contributed by atoms with van der Waals surface area (Å²) >= 11 is 5.49. The molecule has 32 heavy (non-hydrogen) atoms. The van der Waals surface area contributed by atoms with Crippen molar-refractivity contribution in [2.24, 2.45) is 0 Å². The van der Waals surface area contributed by atoms with Gasteiger partial charge in [-0.3, -0.25) is 4.79 Å². The third kappa shape index (κ3) is 4.17. The summed E-state index contributed by atoms with van der Waals surface area (Å²) in [5.74, 6) is -0.0701. The van der Waals surface area contributed by atoms with E-state index in [9.17, 15) is 18.0 Å². The Labute approximate surface area is 189 Å². The summed E-state index contributed by atoms with van der Waals surface area (Å²) in [6, 6.07) is 11.2. The number of nitrogens with one attached hydrogen (secondary N) is 2. The van der Waals surface area contributed by atoms with Gasteiger partial charge in [-0.15, -0.1) is 0 Å². The van der Waals surface area contributed by atoms with Crippen molar-refractivity contribution >= 4 is 28.9 Å². The fourth-order valence-corrected chi connectivity index (χ4v) is 4.41. The van der Waals surface area contributed by atoms with Crippen molar-refractivity contribution in [3.05, 3.63) is 70.9 Å². The maximum absolute atomic E-state index is 13.8. The average Bonchev–Trinajstić information content (AvgIpc) is 3.58. The highest BCUT2D eigenvalue weighted by atomic mass is 32.1. The lowest BCUT2D eigenvalue weighted by Gasteiger charge is -2.38. The minimum Gasteiger partial charge on any atom is -0.495 e. The van der Waals surface area contributed by atoms with Gasteiger partial charge < -0.3 is 20.3 Å². The molecule has 1 heterocycles. The number of para-hydroxylation sites is 2. The summed E-state index contributed by atoms with van der Waals surface area (Å²) in [6.07, 6.45) is -2.76. The number of allylic oxidation sites excluding steroid dienone is 1. The van der Waals surface area contributed by atoms with Crippen LogP contribution in [0.4, 0.5) is 18.9 Å². The Morgan fingerprint density at radius 3 is 2.47 bits per heavy atom. The normalized spacial score (nSPS) is 19.0. The Bertz CT molecular complexity index is 1100. The van der Waals surface area contributed by atoms with E-state index in [1.807, 2.05) is 4.90 Å². The molecule has 168 valence electrons. The van der Waals surface area contributed by atoms with Crippen molar-refractivity contribution < 1.29 is 22.7 Å². The number of alkyl halides is 3. The van der Waals surface area contributed by atoms with Gasteiger partial charge >= 0.3 is 6.18 Å². The molecule has 1 aliphatic carbocycles. The topological polar surface area (TPSA) is 53.6 Å². The molecule has 0 radical (unpaired) electrons. The van der Waals surface area contributed by atoms with E-state index in [4.69, 9.17) is 17.0 Å². The molecular weight excluding hydrogens is 439 g/mol. The summed E-state index contributed by atoms with van der Waals surface area (Å²) in [5, 5.41) is 6.12. The van der Waals surface area contributed by atoms with E-state index in [0.717, 1.165) is 18.9 Å². The predicted octanol–water partition coefficient (Wildman–Crippen LogP) is 5.02. The third-order valence-corrected chi connectivity index (χ3v) is 5.93. The van der Waals surface area contributed by atoms with Gasteiger partial charge in [-0.25, -0.2) is 0 Å². The summed E-state index contributed by atoms with van der Waals surface area (Å²) in [7, 11) is 1.48. The highest BCUT2D eigenvalue weighted by Crippen LogP contribution is 2.42. The van der Waals surface area contributed by atoms with Crippen LogP contribution in [0.5, 0.6) is 5.75 Å². The summed E-state index contributed by atoms with van der Waals surface area (Å²) in [5.41, 5.74) is 0.297. The number of hydrogen-bond acceptors (Lipinski definition) is 3. The monoisotopic (exact) mass is 461 g/mol. The number of ether oxygens (including phenoxy) is 1. The molecule has 1 unspecified atom stereocenters. The number of rotatable bonds is 5. The smallest absolute Gasteiger partial charge is 0.416 e. The first-order valence-corrected chi connectivity index (χ1v) is 10.5. The third-order valence-electron chi connectivity index (χ3n) is 5.62. The number of carbonyl (C=O) groups is 1. The minimum atomic E-state index is -4.58. The van der Waals surface area contributed by atoms with Crippen molar-refractivity contribution in [1.82, 2.24) is 10.2 Å². The van der Waals surface area contributed by atoms with Crippen LogP contribution in [0.25, 0.3) is 0 Å². The number of halogens is 3. The van der Waals surface area contributed by atoms with Gasteiger partial charge in [0.15, 0.2) is 5.11 Å². The van der Waals surface area contributed by atoms with Crippen LogP contribution >= 0.6 is 12.2 Å². The molecule has 2 N–H and O–H groups in total. The van der Waals surface area contributed by atoms with Gasteiger partial charge in [0.1, 0.15) is 5.75 Å². The predicted molar refractivity (Wildman–Crippen MR) is 119 cm³/mol. The molecule has 0 spiro atoms. The zero-order valence-corrected chi connectivity index (χ0v) is 18.3. The fraction of sp³-hybridized carbons (Fsp3) is 0.304. The van der Waals surface area contributed by atoms with Gasteiger partial charge in [-0.05, 0) is 55.7 Å². The number of anilines is 1. The number of nitrogens with zero attached hydrogens (tertiary/aromatic N) is 1. The Morgan fingerprint density at radius 2 is 1.81 bits per heavy atom.